The maximum absolute atomic E-state index is 12.6. The van der Waals surface area contributed by atoms with Crippen molar-refractivity contribution in [3.8, 4) is 0 Å². The van der Waals surface area contributed by atoms with Crippen molar-refractivity contribution in [3.05, 3.63) is 42.5 Å². The molecule has 2 amide bonds. The van der Waals surface area contributed by atoms with Gasteiger partial charge in [0.25, 0.3) is 0 Å². The molecule has 3 rings (SSSR count). The van der Waals surface area contributed by atoms with Crippen molar-refractivity contribution >= 4 is 11.7 Å². The SMILES string of the molecule is CC(C)OCc1cccc(NC(=O)N2CCC[C@@H](n3cncn3)C2)c1. The number of likely N-dealkylation sites (tertiary alicyclic amines) is 1. The smallest absolute Gasteiger partial charge is 0.321 e. The third-order valence-corrected chi connectivity index (χ3v) is 4.26. The minimum Gasteiger partial charge on any atom is -0.374 e. The van der Waals surface area contributed by atoms with Crippen molar-refractivity contribution in [1.82, 2.24) is 19.7 Å². The maximum atomic E-state index is 12.6. The average Bonchev–Trinajstić information content (AvgIpc) is 3.15. The summed E-state index contributed by atoms with van der Waals surface area (Å²) < 4.78 is 7.46. The van der Waals surface area contributed by atoms with Gasteiger partial charge in [-0.2, -0.15) is 5.10 Å². The van der Waals surface area contributed by atoms with Crippen LogP contribution in [0, 0.1) is 0 Å². The fraction of sp³-hybridized carbons (Fsp3) is 0.500. The third-order valence-electron chi connectivity index (χ3n) is 4.26. The second-order valence-corrected chi connectivity index (χ2v) is 6.61. The van der Waals surface area contributed by atoms with E-state index < -0.39 is 0 Å². The van der Waals surface area contributed by atoms with E-state index in [-0.39, 0.29) is 18.2 Å². The molecule has 1 N–H and O–H groups in total. The molecule has 0 unspecified atom stereocenters. The summed E-state index contributed by atoms with van der Waals surface area (Å²) in [6.07, 6.45) is 5.39. The van der Waals surface area contributed by atoms with Crippen LogP contribution in [0.3, 0.4) is 0 Å². The lowest BCUT2D eigenvalue weighted by Crippen LogP contribution is -2.43. The Kier molecular flexibility index (Phi) is 5.65. The minimum atomic E-state index is -0.0771. The summed E-state index contributed by atoms with van der Waals surface area (Å²) in [7, 11) is 0. The molecule has 0 spiro atoms. The molecule has 1 aliphatic rings. The summed E-state index contributed by atoms with van der Waals surface area (Å²) in [5, 5.41) is 7.19. The van der Waals surface area contributed by atoms with Crippen molar-refractivity contribution in [2.75, 3.05) is 18.4 Å². The van der Waals surface area contributed by atoms with Crippen molar-refractivity contribution < 1.29 is 9.53 Å². The largest absolute Gasteiger partial charge is 0.374 e. The van der Waals surface area contributed by atoms with Crippen molar-refractivity contribution in [2.24, 2.45) is 0 Å². The lowest BCUT2D eigenvalue weighted by molar-refractivity contribution is 0.0657. The van der Waals surface area contributed by atoms with Gasteiger partial charge in [0.2, 0.25) is 0 Å². The molecule has 1 fully saturated rings. The first kappa shape index (κ1) is 17.4. The average molecular weight is 343 g/mol. The Morgan fingerprint density at radius 3 is 3.08 bits per heavy atom. The molecule has 1 aromatic heterocycles. The summed E-state index contributed by atoms with van der Waals surface area (Å²) in [6.45, 7) is 5.96. The number of rotatable bonds is 5. The van der Waals surface area contributed by atoms with Gasteiger partial charge in [0.15, 0.2) is 0 Å². The van der Waals surface area contributed by atoms with Crippen molar-refractivity contribution in [3.63, 3.8) is 0 Å². The highest BCUT2D eigenvalue weighted by atomic mass is 16.5. The highest BCUT2D eigenvalue weighted by Crippen LogP contribution is 2.21. The number of ether oxygens (including phenoxy) is 1. The lowest BCUT2D eigenvalue weighted by Gasteiger charge is -2.32. The number of amides is 2. The van der Waals surface area contributed by atoms with Gasteiger partial charge in [-0.25, -0.2) is 14.5 Å². The number of hydrogen-bond donors (Lipinski definition) is 1. The van der Waals surface area contributed by atoms with Gasteiger partial charge < -0.3 is 15.0 Å². The van der Waals surface area contributed by atoms with Gasteiger partial charge in [0.1, 0.15) is 12.7 Å². The van der Waals surface area contributed by atoms with Gasteiger partial charge in [0.05, 0.1) is 18.8 Å². The van der Waals surface area contributed by atoms with Crippen LogP contribution in [0.5, 0.6) is 0 Å². The number of benzene rings is 1. The zero-order valence-electron chi connectivity index (χ0n) is 14.8. The maximum Gasteiger partial charge on any atom is 0.321 e. The summed E-state index contributed by atoms with van der Waals surface area (Å²) in [5.74, 6) is 0. The lowest BCUT2D eigenvalue weighted by atomic mass is 10.1. The van der Waals surface area contributed by atoms with E-state index >= 15 is 0 Å². The number of anilines is 1. The summed E-state index contributed by atoms with van der Waals surface area (Å²) >= 11 is 0. The molecule has 7 heteroatoms. The Balaban J connectivity index is 1.59. The normalized spacial score (nSPS) is 17.7. The van der Waals surface area contributed by atoms with Gasteiger partial charge in [-0.1, -0.05) is 12.1 Å². The second-order valence-electron chi connectivity index (χ2n) is 6.61. The molecule has 7 nitrogen and oxygen atoms in total. The first-order valence-corrected chi connectivity index (χ1v) is 8.72. The Morgan fingerprint density at radius 2 is 2.32 bits per heavy atom. The Labute approximate surface area is 148 Å². The van der Waals surface area contributed by atoms with E-state index in [0.29, 0.717) is 13.2 Å². The molecular formula is C18H25N5O2. The Bertz CT molecular complexity index is 687. The van der Waals surface area contributed by atoms with Crippen LogP contribution < -0.4 is 5.32 Å². The fourth-order valence-corrected chi connectivity index (χ4v) is 2.97. The van der Waals surface area contributed by atoms with E-state index in [2.05, 4.69) is 15.4 Å². The molecule has 134 valence electrons. The molecule has 0 aliphatic carbocycles. The number of urea groups is 1. The quantitative estimate of drug-likeness (QED) is 0.905. The number of carbonyl (C=O) groups is 1. The molecule has 0 radical (unpaired) electrons. The molecule has 2 aromatic rings. The van der Waals surface area contributed by atoms with Gasteiger partial charge in [-0.3, -0.25) is 0 Å². The number of aromatic nitrogens is 3. The molecule has 0 saturated carbocycles. The van der Waals surface area contributed by atoms with E-state index in [0.717, 1.165) is 30.6 Å². The first-order valence-electron chi connectivity index (χ1n) is 8.72. The van der Waals surface area contributed by atoms with E-state index in [9.17, 15) is 4.79 Å². The molecule has 1 aliphatic heterocycles. The number of nitrogens with zero attached hydrogens (tertiary/aromatic N) is 4. The van der Waals surface area contributed by atoms with Crippen LogP contribution in [0.4, 0.5) is 10.5 Å². The Hall–Kier alpha value is -2.41. The topological polar surface area (TPSA) is 72.3 Å². The molecular weight excluding hydrogens is 318 g/mol. The van der Waals surface area contributed by atoms with Crippen molar-refractivity contribution in [2.45, 2.75) is 45.4 Å². The summed E-state index contributed by atoms with van der Waals surface area (Å²) in [5.41, 5.74) is 1.84. The molecule has 1 atom stereocenters. The van der Waals surface area contributed by atoms with Gasteiger partial charge in [-0.05, 0) is 44.4 Å². The molecule has 0 bridgehead atoms. The predicted octanol–water partition coefficient (Wildman–Crippen LogP) is 3.07. The third kappa shape index (κ3) is 4.79. The molecule has 1 aromatic carbocycles. The fourth-order valence-electron chi connectivity index (χ4n) is 2.97. The number of carbonyl (C=O) groups excluding carboxylic acids is 1. The van der Waals surface area contributed by atoms with Crippen LogP contribution in [-0.2, 0) is 11.3 Å². The number of piperidine rings is 1. The van der Waals surface area contributed by atoms with Crippen molar-refractivity contribution in [1.29, 1.82) is 0 Å². The van der Waals surface area contributed by atoms with Crippen LogP contribution in [0.15, 0.2) is 36.9 Å². The van der Waals surface area contributed by atoms with Crippen LogP contribution in [0.2, 0.25) is 0 Å². The summed E-state index contributed by atoms with van der Waals surface area (Å²) in [4.78, 5) is 18.4. The molecule has 25 heavy (non-hydrogen) atoms. The highest BCUT2D eigenvalue weighted by molar-refractivity contribution is 5.89. The molecule has 2 heterocycles. The number of hydrogen-bond acceptors (Lipinski definition) is 4. The molecule has 1 saturated heterocycles. The monoisotopic (exact) mass is 343 g/mol. The number of nitrogens with one attached hydrogen (secondary N) is 1. The van der Waals surface area contributed by atoms with Crippen LogP contribution in [-0.4, -0.2) is 44.9 Å². The zero-order chi connectivity index (χ0) is 17.6. The van der Waals surface area contributed by atoms with Crippen LogP contribution in [0.1, 0.15) is 38.3 Å². The van der Waals surface area contributed by atoms with E-state index in [1.165, 1.54) is 6.33 Å². The highest BCUT2D eigenvalue weighted by Gasteiger charge is 2.25. The van der Waals surface area contributed by atoms with E-state index in [4.69, 9.17) is 4.74 Å². The minimum absolute atomic E-state index is 0.0771. The Morgan fingerprint density at radius 1 is 1.44 bits per heavy atom. The van der Waals surface area contributed by atoms with Gasteiger partial charge >= 0.3 is 6.03 Å². The zero-order valence-corrected chi connectivity index (χ0v) is 14.8. The van der Waals surface area contributed by atoms with E-state index in [1.807, 2.05) is 47.7 Å². The summed E-state index contributed by atoms with van der Waals surface area (Å²) in [6, 6.07) is 7.90. The first-order chi connectivity index (χ1) is 12.1. The van der Waals surface area contributed by atoms with Gasteiger partial charge in [0, 0.05) is 18.8 Å². The van der Waals surface area contributed by atoms with Gasteiger partial charge in [-0.15, -0.1) is 0 Å². The predicted molar refractivity (Wildman–Crippen MR) is 95.3 cm³/mol. The van der Waals surface area contributed by atoms with Crippen LogP contribution in [0.25, 0.3) is 0 Å². The standard InChI is InChI=1S/C18H25N5O2/c1-14(2)25-11-15-5-3-6-16(9-15)21-18(24)22-8-4-7-17(10-22)23-13-19-12-20-23/h3,5-6,9,12-14,17H,4,7-8,10-11H2,1-2H3,(H,21,24)/t17-/m1/s1. The van der Waals surface area contributed by atoms with E-state index in [1.54, 1.807) is 6.33 Å². The van der Waals surface area contributed by atoms with Crippen LogP contribution >= 0.6 is 0 Å². The second kappa shape index (κ2) is 8.11.